The second-order valence-corrected chi connectivity index (χ2v) is 5.85. The molecule has 1 aromatic rings. The van der Waals surface area contributed by atoms with E-state index in [9.17, 15) is 14.3 Å². The minimum atomic E-state index is -0.813. The maximum Gasteiger partial charge on any atom is 0.224 e. The number of hydrogen-bond acceptors (Lipinski definition) is 2. The first-order valence-electron chi connectivity index (χ1n) is 6.92. The number of carbonyl (C=O) groups is 1. The van der Waals surface area contributed by atoms with Crippen molar-refractivity contribution in [1.29, 1.82) is 0 Å². The molecule has 1 aliphatic rings. The normalized spacial score (nSPS) is 17.8. The summed E-state index contributed by atoms with van der Waals surface area (Å²) in [6.07, 6.45) is 4.38. The molecule has 20 heavy (non-hydrogen) atoms. The van der Waals surface area contributed by atoms with Crippen LogP contribution in [0.4, 0.5) is 4.39 Å². The van der Waals surface area contributed by atoms with Crippen molar-refractivity contribution in [3.63, 3.8) is 0 Å². The van der Waals surface area contributed by atoms with Gasteiger partial charge in [-0.15, -0.1) is 0 Å². The highest BCUT2D eigenvalue weighted by atomic mass is 35.5. The van der Waals surface area contributed by atoms with Crippen LogP contribution in [0.5, 0.6) is 0 Å². The molecule has 1 saturated carbocycles. The fraction of sp³-hybridized carbons (Fsp3) is 0.533. The molecule has 0 radical (unpaired) electrons. The van der Waals surface area contributed by atoms with Crippen molar-refractivity contribution < 1.29 is 14.3 Å². The van der Waals surface area contributed by atoms with Gasteiger partial charge >= 0.3 is 0 Å². The fourth-order valence-corrected chi connectivity index (χ4v) is 2.80. The summed E-state index contributed by atoms with van der Waals surface area (Å²) < 4.78 is 13.6. The summed E-state index contributed by atoms with van der Waals surface area (Å²) in [5.41, 5.74) is -0.616. The van der Waals surface area contributed by atoms with E-state index in [4.69, 9.17) is 11.6 Å². The summed E-state index contributed by atoms with van der Waals surface area (Å²) in [6, 6.07) is 4.34. The van der Waals surface area contributed by atoms with E-state index in [0.29, 0.717) is 12.8 Å². The lowest BCUT2D eigenvalue weighted by molar-refractivity contribution is -0.122. The molecule has 1 aromatic carbocycles. The van der Waals surface area contributed by atoms with Crippen molar-refractivity contribution in [2.24, 2.45) is 0 Å². The summed E-state index contributed by atoms with van der Waals surface area (Å²) in [4.78, 5) is 11.9. The van der Waals surface area contributed by atoms with Crippen LogP contribution < -0.4 is 5.32 Å². The van der Waals surface area contributed by atoms with Crippen molar-refractivity contribution in [3.8, 4) is 0 Å². The molecule has 1 amide bonds. The lowest BCUT2D eigenvalue weighted by Crippen LogP contribution is -2.44. The molecule has 0 unspecified atom stereocenters. The van der Waals surface area contributed by atoms with E-state index in [1.807, 2.05) is 0 Å². The first-order valence-corrected chi connectivity index (χ1v) is 7.30. The second kappa shape index (κ2) is 6.55. The van der Waals surface area contributed by atoms with Crippen LogP contribution in [0, 0.1) is 5.82 Å². The lowest BCUT2D eigenvalue weighted by Gasteiger charge is -2.32. The van der Waals surface area contributed by atoms with Gasteiger partial charge in [-0.1, -0.05) is 36.9 Å². The van der Waals surface area contributed by atoms with Crippen LogP contribution in [-0.4, -0.2) is 23.2 Å². The third-order valence-electron chi connectivity index (χ3n) is 3.80. The molecule has 0 saturated heterocycles. The first-order chi connectivity index (χ1) is 9.50. The zero-order chi connectivity index (χ0) is 14.6. The molecule has 0 heterocycles. The largest absolute Gasteiger partial charge is 0.388 e. The molecule has 0 aromatic heterocycles. The van der Waals surface area contributed by atoms with Crippen LogP contribution in [-0.2, 0) is 11.2 Å². The molecule has 0 bridgehead atoms. The zero-order valence-electron chi connectivity index (χ0n) is 11.3. The van der Waals surface area contributed by atoms with Gasteiger partial charge < -0.3 is 10.4 Å². The molecule has 0 spiro atoms. The molecule has 0 aliphatic heterocycles. The van der Waals surface area contributed by atoms with Crippen molar-refractivity contribution >= 4 is 17.5 Å². The number of amides is 1. The Hall–Kier alpha value is -1.13. The summed E-state index contributed by atoms with van der Waals surface area (Å²) in [7, 11) is 0. The van der Waals surface area contributed by atoms with Gasteiger partial charge in [0.1, 0.15) is 5.82 Å². The van der Waals surface area contributed by atoms with E-state index in [2.05, 4.69) is 5.32 Å². The first kappa shape index (κ1) is 15.3. The standard InChI is InChI=1S/C15H19ClFNO2/c16-12-5-4-6-13(17)11(12)9-14(19)18-10-15(20)7-2-1-3-8-15/h4-6,20H,1-3,7-10H2,(H,18,19). The van der Waals surface area contributed by atoms with E-state index >= 15 is 0 Å². The number of nitrogens with one attached hydrogen (secondary N) is 1. The van der Waals surface area contributed by atoms with Gasteiger partial charge in [-0.05, 0) is 25.0 Å². The maximum absolute atomic E-state index is 13.6. The molecule has 110 valence electrons. The van der Waals surface area contributed by atoms with Crippen molar-refractivity contribution in [2.75, 3.05) is 6.54 Å². The Bertz CT molecular complexity index is 467. The van der Waals surface area contributed by atoms with Crippen molar-refractivity contribution in [1.82, 2.24) is 5.32 Å². The minimum absolute atomic E-state index is 0.110. The van der Waals surface area contributed by atoms with Gasteiger partial charge in [0.2, 0.25) is 5.91 Å². The average Bonchev–Trinajstić information content (AvgIpc) is 2.42. The van der Waals surface area contributed by atoms with Gasteiger partial charge in [0.25, 0.3) is 0 Å². The van der Waals surface area contributed by atoms with Crippen LogP contribution in [0.15, 0.2) is 18.2 Å². The van der Waals surface area contributed by atoms with Gasteiger partial charge in [0.05, 0.1) is 12.0 Å². The van der Waals surface area contributed by atoms with E-state index < -0.39 is 11.4 Å². The minimum Gasteiger partial charge on any atom is -0.388 e. The Balaban J connectivity index is 1.89. The van der Waals surface area contributed by atoms with Crippen molar-refractivity contribution in [2.45, 2.75) is 44.1 Å². The molecule has 1 fully saturated rings. The third-order valence-corrected chi connectivity index (χ3v) is 4.15. The van der Waals surface area contributed by atoms with E-state index in [1.54, 1.807) is 6.07 Å². The Kier molecular flexibility index (Phi) is 5.00. The quantitative estimate of drug-likeness (QED) is 0.898. The average molecular weight is 300 g/mol. The number of aliphatic hydroxyl groups is 1. The fourth-order valence-electron chi connectivity index (χ4n) is 2.57. The summed E-state index contributed by atoms with van der Waals surface area (Å²) in [6.45, 7) is 0.220. The number of benzene rings is 1. The molecule has 2 rings (SSSR count). The zero-order valence-corrected chi connectivity index (χ0v) is 12.0. The van der Waals surface area contributed by atoms with Gasteiger partial charge in [-0.3, -0.25) is 4.79 Å². The SMILES string of the molecule is O=C(Cc1c(F)cccc1Cl)NCC1(O)CCCCC1. The summed E-state index contributed by atoms with van der Waals surface area (Å²) >= 11 is 5.88. The molecule has 1 aliphatic carbocycles. The predicted molar refractivity (Wildman–Crippen MR) is 76.2 cm³/mol. The number of rotatable bonds is 4. The topological polar surface area (TPSA) is 49.3 Å². The number of halogens is 2. The van der Waals surface area contributed by atoms with Gasteiger partial charge in [-0.2, -0.15) is 0 Å². The molecule has 3 nitrogen and oxygen atoms in total. The smallest absolute Gasteiger partial charge is 0.224 e. The predicted octanol–water partition coefficient (Wildman–Crippen LogP) is 2.83. The highest BCUT2D eigenvalue weighted by molar-refractivity contribution is 6.31. The Morgan fingerprint density at radius 2 is 2.05 bits per heavy atom. The van der Waals surface area contributed by atoms with Crippen LogP contribution >= 0.6 is 11.6 Å². The van der Waals surface area contributed by atoms with Crippen LogP contribution in [0.25, 0.3) is 0 Å². The van der Waals surface area contributed by atoms with Crippen LogP contribution in [0.2, 0.25) is 5.02 Å². The van der Waals surface area contributed by atoms with Crippen LogP contribution in [0.3, 0.4) is 0 Å². The monoisotopic (exact) mass is 299 g/mol. The Labute approximate surface area is 123 Å². The highest BCUT2D eigenvalue weighted by Gasteiger charge is 2.29. The van der Waals surface area contributed by atoms with E-state index in [1.165, 1.54) is 12.1 Å². The highest BCUT2D eigenvalue weighted by Crippen LogP contribution is 2.27. The molecule has 2 N–H and O–H groups in total. The summed E-state index contributed by atoms with van der Waals surface area (Å²) in [5, 5.41) is 13.2. The lowest BCUT2D eigenvalue weighted by atomic mass is 9.85. The Morgan fingerprint density at radius 1 is 1.35 bits per heavy atom. The van der Waals surface area contributed by atoms with Gasteiger partial charge in [0, 0.05) is 17.1 Å². The van der Waals surface area contributed by atoms with Gasteiger partial charge in [-0.25, -0.2) is 4.39 Å². The molecule has 5 heteroatoms. The number of hydrogen-bond donors (Lipinski definition) is 2. The van der Waals surface area contributed by atoms with Crippen molar-refractivity contribution in [3.05, 3.63) is 34.6 Å². The van der Waals surface area contributed by atoms with E-state index in [-0.39, 0.29) is 29.5 Å². The third kappa shape index (κ3) is 3.93. The summed E-state index contributed by atoms with van der Waals surface area (Å²) in [5.74, 6) is -0.806. The van der Waals surface area contributed by atoms with Gasteiger partial charge in [0.15, 0.2) is 0 Å². The van der Waals surface area contributed by atoms with Crippen LogP contribution in [0.1, 0.15) is 37.7 Å². The molecular formula is C15H19ClFNO2. The Morgan fingerprint density at radius 3 is 2.70 bits per heavy atom. The second-order valence-electron chi connectivity index (χ2n) is 5.44. The molecule has 0 atom stereocenters. The van der Waals surface area contributed by atoms with E-state index in [0.717, 1.165) is 19.3 Å². The molecular weight excluding hydrogens is 281 g/mol. The number of carbonyl (C=O) groups excluding carboxylic acids is 1. The maximum atomic E-state index is 13.6.